The van der Waals surface area contributed by atoms with Gasteiger partial charge < -0.3 is 0 Å². The van der Waals surface area contributed by atoms with Crippen LogP contribution in [0.25, 0.3) is 0 Å². The minimum atomic E-state index is 0.339. The van der Waals surface area contributed by atoms with Gasteiger partial charge in [-0.2, -0.15) is 0 Å². The number of Topliss-reactive ketones (excluding diaryl/α,β-unsaturated/α-hetero) is 1. The third-order valence-electron chi connectivity index (χ3n) is 3.96. The molecule has 1 aliphatic rings. The van der Waals surface area contributed by atoms with Gasteiger partial charge >= 0.3 is 0 Å². The average Bonchev–Trinajstić information content (AvgIpc) is 2.53. The van der Waals surface area contributed by atoms with Crippen molar-refractivity contribution in [3.05, 3.63) is 0 Å². The van der Waals surface area contributed by atoms with Crippen molar-refractivity contribution in [1.82, 2.24) is 0 Å². The lowest BCUT2D eigenvalue weighted by Crippen LogP contribution is -2.17. The second kappa shape index (κ2) is 5.67. The van der Waals surface area contributed by atoms with Crippen molar-refractivity contribution in [2.24, 2.45) is 11.3 Å². The normalized spacial score (nSPS) is 28.3. The van der Waals surface area contributed by atoms with Crippen LogP contribution in [0.2, 0.25) is 0 Å². The van der Waals surface area contributed by atoms with E-state index in [1.165, 1.54) is 32.1 Å². The van der Waals surface area contributed by atoms with Crippen LogP contribution in [0.3, 0.4) is 0 Å². The van der Waals surface area contributed by atoms with E-state index in [-0.39, 0.29) is 0 Å². The number of carbonyl (C=O) groups is 1. The first-order chi connectivity index (χ1) is 7.09. The van der Waals surface area contributed by atoms with Gasteiger partial charge in [0.25, 0.3) is 0 Å². The summed E-state index contributed by atoms with van der Waals surface area (Å²) in [6, 6.07) is 0. The van der Waals surface area contributed by atoms with Crippen LogP contribution in [0, 0.1) is 11.3 Å². The molecule has 0 aromatic heterocycles. The Morgan fingerprint density at radius 2 is 2.13 bits per heavy atom. The van der Waals surface area contributed by atoms with Gasteiger partial charge in [0.05, 0.1) is 0 Å². The van der Waals surface area contributed by atoms with Gasteiger partial charge in [0.15, 0.2) is 0 Å². The molecule has 1 rings (SSSR count). The second-order valence-electron chi connectivity index (χ2n) is 5.65. The summed E-state index contributed by atoms with van der Waals surface area (Å²) in [4.78, 5) is 11.3. The van der Waals surface area contributed by atoms with E-state index >= 15 is 0 Å². The monoisotopic (exact) mass is 210 g/mol. The van der Waals surface area contributed by atoms with Crippen LogP contribution >= 0.6 is 0 Å². The molecule has 1 nitrogen and oxygen atoms in total. The molecule has 0 bridgehead atoms. The predicted molar refractivity (Wildman–Crippen MR) is 64.9 cm³/mol. The van der Waals surface area contributed by atoms with Crippen LogP contribution in [-0.2, 0) is 4.79 Å². The molecule has 1 heteroatoms. The zero-order valence-electron chi connectivity index (χ0n) is 10.6. The van der Waals surface area contributed by atoms with Crippen LogP contribution in [0.15, 0.2) is 0 Å². The molecule has 0 radical (unpaired) electrons. The first-order valence-electron chi connectivity index (χ1n) is 6.61. The fourth-order valence-electron chi connectivity index (χ4n) is 2.91. The molecular formula is C14H26O. The van der Waals surface area contributed by atoms with Crippen molar-refractivity contribution in [3.63, 3.8) is 0 Å². The van der Waals surface area contributed by atoms with Crippen LogP contribution in [0.1, 0.15) is 72.1 Å². The third kappa shape index (κ3) is 3.96. The highest BCUT2D eigenvalue weighted by Gasteiger charge is 2.35. The maximum atomic E-state index is 11.3. The summed E-state index contributed by atoms with van der Waals surface area (Å²) < 4.78 is 0. The Balaban J connectivity index is 2.40. The van der Waals surface area contributed by atoms with E-state index in [2.05, 4.69) is 20.8 Å². The average molecular weight is 210 g/mol. The minimum absolute atomic E-state index is 0.339. The van der Waals surface area contributed by atoms with E-state index in [0.29, 0.717) is 11.2 Å². The molecule has 0 heterocycles. The van der Waals surface area contributed by atoms with E-state index < -0.39 is 0 Å². The zero-order chi connectivity index (χ0) is 11.3. The first-order valence-corrected chi connectivity index (χ1v) is 6.61. The zero-order valence-corrected chi connectivity index (χ0v) is 10.6. The summed E-state index contributed by atoms with van der Waals surface area (Å²) in [6.07, 6.45) is 9.37. The molecule has 2 unspecified atom stereocenters. The van der Waals surface area contributed by atoms with Gasteiger partial charge in [-0.3, -0.25) is 4.79 Å². The van der Waals surface area contributed by atoms with Crippen molar-refractivity contribution in [1.29, 1.82) is 0 Å². The highest BCUT2D eigenvalue weighted by atomic mass is 16.1. The standard InChI is InChI=1S/C14H26O/c1-4-6-7-12(5-2)10-14(3)9-8-13(15)11-14/h12H,4-11H2,1-3H3. The Bertz CT molecular complexity index is 209. The summed E-state index contributed by atoms with van der Waals surface area (Å²) >= 11 is 0. The fraction of sp³-hybridized carbons (Fsp3) is 0.929. The topological polar surface area (TPSA) is 17.1 Å². The number of carbonyl (C=O) groups excluding carboxylic acids is 1. The first kappa shape index (κ1) is 12.7. The van der Waals surface area contributed by atoms with E-state index in [0.717, 1.165) is 25.2 Å². The van der Waals surface area contributed by atoms with Crippen molar-refractivity contribution in [2.75, 3.05) is 0 Å². The van der Waals surface area contributed by atoms with E-state index in [9.17, 15) is 4.79 Å². The summed E-state index contributed by atoms with van der Waals surface area (Å²) in [6.45, 7) is 6.86. The smallest absolute Gasteiger partial charge is 0.133 e. The molecule has 0 aromatic carbocycles. The summed E-state index contributed by atoms with van der Waals surface area (Å²) in [5.74, 6) is 1.34. The third-order valence-corrected chi connectivity index (χ3v) is 3.96. The van der Waals surface area contributed by atoms with Crippen molar-refractivity contribution in [3.8, 4) is 0 Å². The van der Waals surface area contributed by atoms with E-state index in [4.69, 9.17) is 0 Å². The summed E-state index contributed by atoms with van der Waals surface area (Å²) in [5, 5.41) is 0. The minimum Gasteiger partial charge on any atom is -0.300 e. The number of hydrogen-bond acceptors (Lipinski definition) is 1. The Kier molecular flexibility index (Phi) is 4.82. The van der Waals surface area contributed by atoms with Crippen LogP contribution in [0.5, 0.6) is 0 Å². The maximum Gasteiger partial charge on any atom is 0.133 e. The Hall–Kier alpha value is -0.330. The molecule has 0 saturated heterocycles. The molecule has 0 amide bonds. The molecular weight excluding hydrogens is 184 g/mol. The highest BCUT2D eigenvalue weighted by Crippen LogP contribution is 2.42. The van der Waals surface area contributed by atoms with Crippen LogP contribution in [-0.4, -0.2) is 5.78 Å². The van der Waals surface area contributed by atoms with Gasteiger partial charge in [0.2, 0.25) is 0 Å². The molecule has 0 N–H and O–H groups in total. The number of ketones is 1. The number of rotatable bonds is 6. The van der Waals surface area contributed by atoms with Gasteiger partial charge in [0.1, 0.15) is 5.78 Å². The highest BCUT2D eigenvalue weighted by molar-refractivity contribution is 5.81. The Labute approximate surface area is 94.6 Å². The Morgan fingerprint density at radius 3 is 2.60 bits per heavy atom. The van der Waals surface area contributed by atoms with Gasteiger partial charge in [-0.05, 0) is 24.2 Å². The molecule has 1 aliphatic carbocycles. The van der Waals surface area contributed by atoms with Gasteiger partial charge in [-0.1, -0.05) is 46.5 Å². The molecule has 88 valence electrons. The maximum absolute atomic E-state index is 11.3. The van der Waals surface area contributed by atoms with E-state index in [1.807, 2.05) is 0 Å². The van der Waals surface area contributed by atoms with Gasteiger partial charge in [-0.15, -0.1) is 0 Å². The van der Waals surface area contributed by atoms with Crippen molar-refractivity contribution >= 4 is 5.78 Å². The summed E-state index contributed by atoms with van der Waals surface area (Å²) in [7, 11) is 0. The Morgan fingerprint density at radius 1 is 1.40 bits per heavy atom. The SMILES string of the molecule is CCCCC(CC)CC1(C)CCC(=O)C1. The molecule has 0 aliphatic heterocycles. The van der Waals surface area contributed by atoms with Crippen molar-refractivity contribution < 1.29 is 4.79 Å². The molecule has 0 spiro atoms. The largest absolute Gasteiger partial charge is 0.300 e. The second-order valence-corrected chi connectivity index (χ2v) is 5.65. The van der Waals surface area contributed by atoms with E-state index in [1.54, 1.807) is 0 Å². The van der Waals surface area contributed by atoms with Gasteiger partial charge in [0, 0.05) is 12.8 Å². The number of unbranched alkanes of at least 4 members (excludes halogenated alkanes) is 1. The lowest BCUT2D eigenvalue weighted by molar-refractivity contribution is -0.118. The molecule has 1 saturated carbocycles. The quantitative estimate of drug-likeness (QED) is 0.637. The summed E-state index contributed by atoms with van der Waals surface area (Å²) in [5.41, 5.74) is 0.339. The molecule has 1 fully saturated rings. The molecule has 0 aromatic rings. The van der Waals surface area contributed by atoms with Gasteiger partial charge in [-0.25, -0.2) is 0 Å². The van der Waals surface area contributed by atoms with Crippen LogP contribution in [0.4, 0.5) is 0 Å². The lowest BCUT2D eigenvalue weighted by atomic mass is 9.77. The molecule has 15 heavy (non-hydrogen) atoms. The van der Waals surface area contributed by atoms with Crippen LogP contribution < -0.4 is 0 Å². The predicted octanol–water partition coefficient (Wildman–Crippen LogP) is 4.35. The van der Waals surface area contributed by atoms with Crippen molar-refractivity contribution in [2.45, 2.75) is 72.1 Å². The fourth-order valence-corrected chi connectivity index (χ4v) is 2.91. The lowest BCUT2D eigenvalue weighted by Gasteiger charge is -2.28. The molecule has 2 atom stereocenters. The number of hydrogen-bond donors (Lipinski definition) is 0.